The lowest BCUT2D eigenvalue weighted by molar-refractivity contribution is 0.317. The van der Waals surface area contributed by atoms with Gasteiger partial charge in [-0.3, -0.25) is 0 Å². The summed E-state index contributed by atoms with van der Waals surface area (Å²) in [5.74, 6) is 1.75. The van der Waals surface area contributed by atoms with Crippen LogP contribution in [0, 0.1) is 0 Å². The summed E-state index contributed by atoms with van der Waals surface area (Å²) in [5.41, 5.74) is 0. The van der Waals surface area contributed by atoms with Crippen molar-refractivity contribution in [3.8, 4) is 17.4 Å². The third-order valence-electron chi connectivity index (χ3n) is 2.13. The number of benzene rings is 1. The topological polar surface area (TPSA) is 44.2 Å². The van der Waals surface area contributed by atoms with Gasteiger partial charge in [-0.1, -0.05) is 18.5 Å². The maximum absolute atomic E-state index is 5.85. The van der Waals surface area contributed by atoms with Crippen molar-refractivity contribution in [3.63, 3.8) is 0 Å². The van der Waals surface area contributed by atoms with Crippen LogP contribution in [0.3, 0.4) is 0 Å². The molecule has 5 heteroatoms. The number of rotatable bonds is 5. The van der Waals surface area contributed by atoms with Gasteiger partial charge in [-0.25, -0.2) is 9.97 Å². The van der Waals surface area contributed by atoms with E-state index in [1.54, 1.807) is 12.1 Å². The van der Waals surface area contributed by atoms with E-state index in [2.05, 4.69) is 16.9 Å². The van der Waals surface area contributed by atoms with Crippen LogP contribution >= 0.6 is 11.6 Å². The molecule has 94 valence electrons. The molecule has 0 saturated heterocycles. The van der Waals surface area contributed by atoms with Crippen molar-refractivity contribution >= 4 is 11.6 Å². The molecule has 0 bridgehead atoms. The normalized spacial score (nSPS) is 10.1. The second-order valence-corrected chi connectivity index (χ2v) is 3.93. The van der Waals surface area contributed by atoms with Gasteiger partial charge in [-0.15, -0.1) is 0 Å². The third kappa shape index (κ3) is 3.34. The van der Waals surface area contributed by atoms with E-state index in [9.17, 15) is 0 Å². The lowest BCUT2D eigenvalue weighted by Gasteiger charge is -2.07. The molecule has 0 spiro atoms. The second kappa shape index (κ2) is 6.21. The van der Waals surface area contributed by atoms with Gasteiger partial charge in [-0.2, -0.15) is 0 Å². The summed E-state index contributed by atoms with van der Waals surface area (Å²) in [5, 5.41) is 0.240. The molecule has 1 aromatic carbocycles. The summed E-state index contributed by atoms with van der Waals surface area (Å²) in [6.07, 6.45) is 4.02. The van der Waals surface area contributed by atoms with Crippen LogP contribution in [-0.4, -0.2) is 16.6 Å². The average molecular weight is 265 g/mol. The Bertz CT molecular complexity index is 503. The first kappa shape index (κ1) is 12.6. The van der Waals surface area contributed by atoms with Gasteiger partial charge in [0.25, 0.3) is 5.88 Å². The van der Waals surface area contributed by atoms with E-state index < -0.39 is 0 Å². The Morgan fingerprint density at radius 3 is 2.39 bits per heavy atom. The first-order valence-electron chi connectivity index (χ1n) is 5.67. The number of aromatic nitrogens is 2. The number of hydrogen-bond donors (Lipinski definition) is 0. The Balaban J connectivity index is 2.04. The fraction of sp³-hybridized carbons (Fsp3) is 0.231. The maximum atomic E-state index is 5.85. The quantitative estimate of drug-likeness (QED) is 0.826. The summed E-state index contributed by atoms with van der Waals surface area (Å²) in [6, 6.07) is 7.29. The van der Waals surface area contributed by atoms with E-state index in [-0.39, 0.29) is 5.15 Å². The third-order valence-corrected chi connectivity index (χ3v) is 2.39. The molecule has 2 aromatic rings. The molecule has 2 rings (SSSR count). The summed E-state index contributed by atoms with van der Waals surface area (Å²) >= 11 is 5.85. The second-order valence-electron chi connectivity index (χ2n) is 3.57. The van der Waals surface area contributed by atoms with Crippen LogP contribution in [0.15, 0.2) is 36.7 Å². The van der Waals surface area contributed by atoms with Crippen LogP contribution < -0.4 is 9.47 Å². The van der Waals surface area contributed by atoms with Crippen LogP contribution in [0.2, 0.25) is 5.15 Å². The minimum atomic E-state index is 0.240. The molecule has 0 aliphatic carbocycles. The molecule has 18 heavy (non-hydrogen) atoms. The van der Waals surface area contributed by atoms with Crippen molar-refractivity contribution in [3.05, 3.63) is 41.8 Å². The first-order valence-corrected chi connectivity index (χ1v) is 6.04. The Labute approximate surface area is 111 Å². The van der Waals surface area contributed by atoms with Crippen molar-refractivity contribution in [1.29, 1.82) is 0 Å². The molecule has 0 aliphatic rings. The van der Waals surface area contributed by atoms with E-state index in [1.807, 2.05) is 12.1 Å². The van der Waals surface area contributed by atoms with E-state index >= 15 is 0 Å². The fourth-order valence-electron chi connectivity index (χ4n) is 1.31. The molecule has 1 aromatic heterocycles. The highest BCUT2D eigenvalue weighted by molar-refractivity contribution is 6.30. The number of ether oxygens (including phenoxy) is 2. The van der Waals surface area contributed by atoms with Gasteiger partial charge in [0.2, 0.25) is 0 Å². The molecular weight excluding hydrogens is 252 g/mol. The zero-order valence-corrected chi connectivity index (χ0v) is 10.7. The lowest BCUT2D eigenvalue weighted by Crippen LogP contribution is -1.95. The minimum absolute atomic E-state index is 0.240. The Hall–Kier alpha value is -1.81. The van der Waals surface area contributed by atoms with E-state index in [4.69, 9.17) is 21.1 Å². The molecule has 0 radical (unpaired) electrons. The predicted octanol–water partition coefficient (Wildman–Crippen LogP) is 3.71. The van der Waals surface area contributed by atoms with Crippen molar-refractivity contribution in [2.24, 2.45) is 0 Å². The molecular formula is C13H13ClN2O2. The molecule has 0 unspecified atom stereocenters. The monoisotopic (exact) mass is 264 g/mol. The maximum Gasteiger partial charge on any atom is 0.257 e. The number of nitrogens with zero attached hydrogens (tertiary/aromatic N) is 2. The molecule has 0 N–H and O–H groups in total. The molecule has 0 saturated carbocycles. The highest BCUT2D eigenvalue weighted by atomic mass is 35.5. The standard InChI is InChI=1S/C13H13ClN2O2/c1-2-9-17-10-3-5-11(6-4-10)18-13-12(14)15-7-8-16-13/h3-8H,2,9H2,1H3. The molecule has 1 heterocycles. The van der Waals surface area contributed by atoms with Gasteiger partial charge < -0.3 is 9.47 Å². The van der Waals surface area contributed by atoms with Crippen molar-refractivity contribution in [2.45, 2.75) is 13.3 Å². The highest BCUT2D eigenvalue weighted by Crippen LogP contribution is 2.26. The Kier molecular flexibility index (Phi) is 4.36. The predicted molar refractivity (Wildman–Crippen MR) is 69.3 cm³/mol. The minimum Gasteiger partial charge on any atom is -0.494 e. The van der Waals surface area contributed by atoms with E-state index in [0.717, 1.165) is 12.2 Å². The summed E-state index contributed by atoms with van der Waals surface area (Å²) in [7, 11) is 0. The number of halogens is 1. The van der Waals surface area contributed by atoms with Gasteiger partial charge in [0.15, 0.2) is 5.15 Å². The van der Waals surface area contributed by atoms with Gasteiger partial charge >= 0.3 is 0 Å². The Morgan fingerprint density at radius 1 is 1.06 bits per heavy atom. The van der Waals surface area contributed by atoms with Gasteiger partial charge in [0, 0.05) is 12.4 Å². The SMILES string of the molecule is CCCOc1ccc(Oc2nccnc2Cl)cc1. The summed E-state index contributed by atoms with van der Waals surface area (Å²) < 4.78 is 11.0. The van der Waals surface area contributed by atoms with Crippen LogP contribution in [0.4, 0.5) is 0 Å². The first-order chi connectivity index (χ1) is 8.79. The van der Waals surface area contributed by atoms with Crippen molar-refractivity contribution in [2.75, 3.05) is 6.61 Å². The van der Waals surface area contributed by atoms with E-state index in [0.29, 0.717) is 18.2 Å². The molecule has 0 aliphatic heterocycles. The van der Waals surface area contributed by atoms with Gasteiger partial charge in [0.05, 0.1) is 6.61 Å². The highest BCUT2D eigenvalue weighted by Gasteiger charge is 2.04. The van der Waals surface area contributed by atoms with Crippen LogP contribution in [0.1, 0.15) is 13.3 Å². The molecule has 0 atom stereocenters. The van der Waals surface area contributed by atoms with E-state index in [1.165, 1.54) is 12.4 Å². The average Bonchev–Trinajstić information content (AvgIpc) is 2.41. The zero-order chi connectivity index (χ0) is 12.8. The molecule has 0 fully saturated rings. The molecule has 0 amide bonds. The summed E-state index contributed by atoms with van der Waals surface area (Å²) in [4.78, 5) is 7.88. The van der Waals surface area contributed by atoms with Crippen molar-refractivity contribution < 1.29 is 9.47 Å². The largest absolute Gasteiger partial charge is 0.494 e. The zero-order valence-electron chi connectivity index (χ0n) is 9.97. The van der Waals surface area contributed by atoms with Crippen molar-refractivity contribution in [1.82, 2.24) is 9.97 Å². The lowest BCUT2D eigenvalue weighted by atomic mass is 10.3. The molecule has 4 nitrogen and oxygen atoms in total. The Morgan fingerprint density at radius 2 is 1.72 bits per heavy atom. The number of hydrogen-bond acceptors (Lipinski definition) is 4. The fourth-order valence-corrected chi connectivity index (χ4v) is 1.46. The van der Waals surface area contributed by atoms with Crippen LogP contribution in [-0.2, 0) is 0 Å². The van der Waals surface area contributed by atoms with Crippen LogP contribution in [0.25, 0.3) is 0 Å². The van der Waals surface area contributed by atoms with Gasteiger partial charge in [-0.05, 0) is 30.7 Å². The van der Waals surface area contributed by atoms with Crippen LogP contribution in [0.5, 0.6) is 17.4 Å². The van der Waals surface area contributed by atoms with Gasteiger partial charge in [0.1, 0.15) is 11.5 Å². The summed E-state index contributed by atoms with van der Waals surface area (Å²) in [6.45, 7) is 2.77. The smallest absolute Gasteiger partial charge is 0.257 e.